The van der Waals surface area contributed by atoms with E-state index in [9.17, 15) is 9.90 Å². The van der Waals surface area contributed by atoms with Gasteiger partial charge in [0.15, 0.2) is 0 Å². The Morgan fingerprint density at radius 2 is 1.91 bits per heavy atom. The molecule has 0 saturated carbocycles. The molecular weight excluding hydrogens is 278 g/mol. The van der Waals surface area contributed by atoms with Crippen molar-refractivity contribution in [2.45, 2.75) is 6.54 Å². The number of carboxylic acids is 1. The summed E-state index contributed by atoms with van der Waals surface area (Å²) in [6.45, 7) is 0.969. The molecule has 0 atom stereocenters. The molecule has 0 unspecified atom stereocenters. The lowest BCUT2D eigenvalue weighted by Crippen LogP contribution is -3.04. The zero-order chi connectivity index (χ0) is 15.7. The highest BCUT2D eigenvalue weighted by Crippen LogP contribution is 2.27. The van der Waals surface area contributed by atoms with E-state index in [0.717, 1.165) is 23.2 Å². The number of aromatic amines is 1. The SMILES string of the molecule is C[NH+](C)Cc1ccc(-c2n[nH]c3cc(C(=O)[O-])ccc23)cc1. The van der Waals surface area contributed by atoms with Crippen LogP contribution in [0.5, 0.6) is 0 Å². The van der Waals surface area contributed by atoms with E-state index < -0.39 is 5.97 Å². The maximum absolute atomic E-state index is 10.9. The second-order valence-corrected chi connectivity index (χ2v) is 5.70. The standard InChI is InChI=1S/C17H17N3O2/c1-20(2)10-11-3-5-12(6-4-11)16-14-8-7-13(17(21)22)9-15(14)18-19-16/h3-9H,10H2,1-2H3,(H,18,19)(H,21,22). The molecule has 0 fully saturated rings. The summed E-state index contributed by atoms with van der Waals surface area (Å²) in [6, 6.07) is 13.1. The monoisotopic (exact) mass is 295 g/mol. The highest BCUT2D eigenvalue weighted by atomic mass is 16.4. The summed E-state index contributed by atoms with van der Waals surface area (Å²) in [7, 11) is 4.23. The van der Waals surface area contributed by atoms with Gasteiger partial charge in [-0.3, -0.25) is 5.10 Å². The number of nitrogens with one attached hydrogen (secondary N) is 2. The first-order valence-electron chi connectivity index (χ1n) is 7.12. The molecule has 3 aromatic rings. The Bertz CT molecular complexity index is 820. The fraction of sp³-hybridized carbons (Fsp3) is 0.176. The molecule has 5 nitrogen and oxygen atoms in total. The van der Waals surface area contributed by atoms with Crippen molar-refractivity contribution in [1.29, 1.82) is 0 Å². The number of aromatic carboxylic acids is 1. The Labute approximate surface area is 128 Å². The van der Waals surface area contributed by atoms with Gasteiger partial charge in [0.2, 0.25) is 0 Å². The van der Waals surface area contributed by atoms with E-state index in [0.29, 0.717) is 5.52 Å². The molecule has 5 heteroatoms. The summed E-state index contributed by atoms with van der Waals surface area (Å²) in [5.74, 6) is -1.19. The Morgan fingerprint density at radius 1 is 1.18 bits per heavy atom. The van der Waals surface area contributed by atoms with Crippen molar-refractivity contribution in [3.05, 3.63) is 53.6 Å². The molecule has 0 amide bonds. The van der Waals surface area contributed by atoms with Crippen LogP contribution in [0.4, 0.5) is 0 Å². The Kier molecular flexibility index (Phi) is 3.65. The Balaban J connectivity index is 1.98. The largest absolute Gasteiger partial charge is 0.545 e. The number of carbonyl (C=O) groups is 1. The minimum atomic E-state index is -1.19. The second kappa shape index (κ2) is 5.61. The van der Waals surface area contributed by atoms with Gasteiger partial charge in [0.25, 0.3) is 0 Å². The van der Waals surface area contributed by atoms with Crippen molar-refractivity contribution in [2.75, 3.05) is 14.1 Å². The van der Waals surface area contributed by atoms with Crippen LogP contribution in [0.2, 0.25) is 0 Å². The van der Waals surface area contributed by atoms with Gasteiger partial charge in [-0.25, -0.2) is 0 Å². The van der Waals surface area contributed by atoms with Crippen molar-refractivity contribution < 1.29 is 14.8 Å². The second-order valence-electron chi connectivity index (χ2n) is 5.70. The third-order valence-electron chi connectivity index (χ3n) is 3.58. The Morgan fingerprint density at radius 3 is 2.55 bits per heavy atom. The van der Waals surface area contributed by atoms with E-state index in [2.05, 4.69) is 36.4 Å². The third-order valence-corrected chi connectivity index (χ3v) is 3.58. The van der Waals surface area contributed by atoms with Crippen LogP contribution in [-0.4, -0.2) is 30.3 Å². The van der Waals surface area contributed by atoms with Gasteiger partial charge in [-0.15, -0.1) is 0 Å². The fourth-order valence-corrected chi connectivity index (χ4v) is 2.56. The van der Waals surface area contributed by atoms with Crippen LogP contribution in [0, 0.1) is 0 Å². The number of nitrogens with zero attached hydrogens (tertiary/aromatic N) is 1. The lowest BCUT2D eigenvalue weighted by Gasteiger charge is -2.07. The van der Waals surface area contributed by atoms with Crippen molar-refractivity contribution in [3.63, 3.8) is 0 Å². The number of benzene rings is 2. The van der Waals surface area contributed by atoms with Gasteiger partial charge in [-0.2, -0.15) is 5.10 Å². The first kappa shape index (κ1) is 14.3. The molecule has 2 aromatic carbocycles. The first-order valence-corrected chi connectivity index (χ1v) is 7.12. The molecule has 3 rings (SSSR count). The summed E-state index contributed by atoms with van der Waals surface area (Å²) in [5, 5.41) is 19.0. The molecule has 1 aromatic heterocycles. The molecule has 0 bridgehead atoms. The van der Waals surface area contributed by atoms with Crippen LogP contribution < -0.4 is 10.0 Å². The lowest BCUT2D eigenvalue weighted by atomic mass is 10.0. The molecule has 0 aliphatic carbocycles. The highest BCUT2D eigenvalue weighted by Gasteiger charge is 2.09. The normalized spacial score (nSPS) is 11.2. The topological polar surface area (TPSA) is 73.2 Å². The van der Waals surface area contributed by atoms with E-state index in [1.54, 1.807) is 18.2 Å². The number of carbonyl (C=O) groups excluding carboxylic acids is 1. The van der Waals surface area contributed by atoms with Gasteiger partial charge in [0.05, 0.1) is 31.3 Å². The highest BCUT2D eigenvalue weighted by molar-refractivity contribution is 5.97. The van der Waals surface area contributed by atoms with Gasteiger partial charge < -0.3 is 14.8 Å². The van der Waals surface area contributed by atoms with E-state index >= 15 is 0 Å². The van der Waals surface area contributed by atoms with E-state index in [4.69, 9.17) is 0 Å². The van der Waals surface area contributed by atoms with Crippen molar-refractivity contribution >= 4 is 16.9 Å². The zero-order valence-corrected chi connectivity index (χ0v) is 12.5. The van der Waals surface area contributed by atoms with Gasteiger partial charge in [-0.05, 0) is 17.7 Å². The Hall–Kier alpha value is -2.66. The number of carboxylic acid groups (broad SMARTS) is 1. The molecule has 2 N–H and O–H groups in total. The van der Waals surface area contributed by atoms with Gasteiger partial charge in [0, 0.05) is 16.5 Å². The number of hydrogen-bond donors (Lipinski definition) is 2. The van der Waals surface area contributed by atoms with Crippen LogP contribution >= 0.6 is 0 Å². The summed E-state index contributed by atoms with van der Waals surface area (Å²) < 4.78 is 0. The molecule has 22 heavy (non-hydrogen) atoms. The van der Waals surface area contributed by atoms with Crippen molar-refractivity contribution in [1.82, 2.24) is 10.2 Å². The molecule has 0 aliphatic heterocycles. The van der Waals surface area contributed by atoms with Gasteiger partial charge in [-0.1, -0.05) is 30.3 Å². The van der Waals surface area contributed by atoms with E-state index in [1.807, 2.05) is 12.1 Å². The number of fused-ring (bicyclic) bond motifs is 1. The maximum Gasteiger partial charge on any atom is 0.102 e. The summed E-state index contributed by atoms with van der Waals surface area (Å²) in [5.41, 5.74) is 3.93. The molecular formula is C17H17N3O2. The van der Waals surface area contributed by atoms with Crippen LogP contribution in [0.15, 0.2) is 42.5 Å². The van der Waals surface area contributed by atoms with Crippen LogP contribution in [0.25, 0.3) is 22.2 Å². The smallest absolute Gasteiger partial charge is 0.102 e. The lowest BCUT2D eigenvalue weighted by molar-refractivity contribution is -0.872. The number of H-pyrrole nitrogens is 1. The summed E-state index contributed by atoms with van der Waals surface area (Å²) in [6.07, 6.45) is 0. The molecule has 1 heterocycles. The quantitative estimate of drug-likeness (QED) is 0.724. The van der Waals surface area contributed by atoms with E-state index in [-0.39, 0.29) is 5.56 Å². The molecule has 0 radical (unpaired) electrons. The van der Waals surface area contributed by atoms with Gasteiger partial charge >= 0.3 is 0 Å². The minimum Gasteiger partial charge on any atom is -0.545 e. The number of quaternary nitrogens is 1. The number of hydrogen-bond acceptors (Lipinski definition) is 3. The van der Waals surface area contributed by atoms with Gasteiger partial charge in [0.1, 0.15) is 6.54 Å². The summed E-state index contributed by atoms with van der Waals surface area (Å²) >= 11 is 0. The van der Waals surface area contributed by atoms with Crippen molar-refractivity contribution in [2.24, 2.45) is 0 Å². The average Bonchev–Trinajstić information content (AvgIpc) is 2.90. The molecule has 0 saturated heterocycles. The summed E-state index contributed by atoms with van der Waals surface area (Å²) in [4.78, 5) is 12.3. The fourth-order valence-electron chi connectivity index (χ4n) is 2.56. The third kappa shape index (κ3) is 2.71. The van der Waals surface area contributed by atoms with Crippen LogP contribution in [0.3, 0.4) is 0 Å². The van der Waals surface area contributed by atoms with Crippen molar-refractivity contribution in [3.8, 4) is 11.3 Å². The first-order chi connectivity index (χ1) is 10.5. The predicted molar refractivity (Wildman–Crippen MR) is 82.4 cm³/mol. The van der Waals surface area contributed by atoms with E-state index in [1.165, 1.54) is 10.5 Å². The maximum atomic E-state index is 10.9. The molecule has 112 valence electrons. The molecule has 0 spiro atoms. The van der Waals surface area contributed by atoms with Crippen LogP contribution in [0.1, 0.15) is 15.9 Å². The number of aromatic nitrogens is 2. The minimum absolute atomic E-state index is 0.145. The van der Waals surface area contributed by atoms with Crippen LogP contribution in [-0.2, 0) is 6.54 Å². The zero-order valence-electron chi connectivity index (χ0n) is 12.5. The molecule has 0 aliphatic rings. The predicted octanol–water partition coefficient (Wildman–Crippen LogP) is 0.238. The average molecular weight is 295 g/mol. The number of rotatable bonds is 4.